The van der Waals surface area contributed by atoms with E-state index in [9.17, 15) is 18.0 Å². The Morgan fingerprint density at radius 2 is 1.60 bits per heavy atom. The van der Waals surface area contributed by atoms with Gasteiger partial charge in [0, 0.05) is 17.6 Å². The second-order valence-corrected chi connectivity index (χ2v) is 12.9. The monoisotopic (exact) mass is 611 g/mol. The van der Waals surface area contributed by atoms with Crippen LogP contribution in [-0.2, 0) is 26.2 Å². The van der Waals surface area contributed by atoms with Crippen LogP contribution in [0.4, 0.5) is 5.69 Å². The SMILES string of the molecule is CC[C@@H](C(=O)NC1CCCC1)N(Cc1ccc(Cl)cc1)C(=O)CN(c1ccc(C)cc1)S(=O)(=O)c1ccc(OC)cc1. The fourth-order valence-corrected chi connectivity index (χ4v) is 6.73. The average Bonchev–Trinajstić information content (AvgIpc) is 3.50. The third-order valence-corrected chi connectivity index (χ3v) is 9.64. The summed E-state index contributed by atoms with van der Waals surface area (Å²) in [6.45, 7) is 3.39. The Morgan fingerprint density at radius 3 is 2.17 bits per heavy atom. The van der Waals surface area contributed by atoms with E-state index < -0.39 is 28.5 Å². The largest absolute Gasteiger partial charge is 0.497 e. The zero-order valence-electron chi connectivity index (χ0n) is 24.3. The summed E-state index contributed by atoms with van der Waals surface area (Å²) >= 11 is 6.10. The normalized spacial score (nSPS) is 14.3. The number of nitrogens with zero attached hydrogens (tertiary/aromatic N) is 2. The zero-order valence-corrected chi connectivity index (χ0v) is 25.8. The van der Waals surface area contributed by atoms with Gasteiger partial charge >= 0.3 is 0 Å². The molecule has 1 saturated carbocycles. The first kappa shape index (κ1) is 31.4. The predicted octanol–water partition coefficient (Wildman–Crippen LogP) is 5.72. The summed E-state index contributed by atoms with van der Waals surface area (Å²) in [6.07, 6.45) is 4.31. The molecule has 10 heteroatoms. The van der Waals surface area contributed by atoms with E-state index in [4.69, 9.17) is 16.3 Å². The number of hydrogen-bond acceptors (Lipinski definition) is 5. The third kappa shape index (κ3) is 7.63. The lowest BCUT2D eigenvalue weighted by Gasteiger charge is -2.33. The fraction of sp³-hybridized carbons (Fsp3) is 0.375. The van der Waals surface area contributed by atoms with Gasteiger partial charge in [0.2, 0.25) is 11.8 Å². The maximum Gasteiger partial charge on any atom is 0.264 e. The highest BCUT2D eigenvalue weighted by atomic mass is 35.5. The molecule has 1 fully saturated rings. The van der Waals surface area contributed by atoms with E-state index in [0.717, 1.165) is 41.1 Å². The molecule has 3 aromatic rings. The maximum atomic E-state index is 14.2. The van der Waals surface area contributed by atoms with Crippen molar-refractivity contribution in [2.24, 2.45) is 0 Å². The van der Waals surface area contributed by atoms with E-state index in [1.807, 2.05) is 13.8 Å². The molecule has 0 heterocycles. The number of benzene rings is 3. The smallest absolute Gasteiger partial charge is 0.264 e. The van der Waals surface area contributed by atoms with Crippen LogP contribution in [0, 0.1) is 6.92 Å². The highest BCUT2D eigenvalue weighted by Crippen LogP contribution is 2.27. The van der Waals surface area contributed by atoms with Crippen LogP contribution in [0.15, 0.2) is 77.7 Å². The van der Waals surface area contributed by atoms with Gasteiger partial charge in [-0.2, -0.15) is 0 Å². The minimum absolute atomic E-state index is 0.0203. The Morgan fingerprint density at radius 1 is 0.976 bits per heavy atom. The topological polar surface area (TPSA) is 96.0 Å². The quantitative estimate of drug-likeness (QED) is 0.283. The van der Waals surface area contributed by atoms with Crippen LogP contribution < -0.4 is 14.4 Å². The van der Waals surface area contributed by atoms with Crippen LogP contribution in [0.1, 0.15) is 50.2 Å². The number of aryl methyl sites for hydroxylation is 1. The molecule has 1 aliphatic carbocycles. The van der Waals surface area contributed by atoms with E-state index >= 15 is 0 Å². The number of ether oxygens (including phenoxy) is 1. The number of anilines is 1. The van der Waals surface area contributed by atoms with Crippen molar-refractivity contribution >= 4 is 39.1 Å². The van der Waals surface area contributed by atoms with E-state index in [0.29, 0.717) is 22.9 Å². The van der Waals surface area contributed by atoms with Gasteiger partial charge in [-0.3, -0.25) is 13.9 Å². The number of carbonyl (C=O) groups excluding carboxylic acids is 2. The van der Waals surface area contributed by atoms with Crippen LogP contribution in [-0.4, -0.2) is 50.9 Å². The number of rotatable bonds is 12. The Bertz CT molecular complexity index is 1460. The second kappa shape index (κ2) is 14.1. The van der Waals surface area contributed by atoms with Crippen LogP contribution >= 0.6 is 11.6 Å². The number of amides is 2. The standard InChI is InChI=1S/C32H38ClN3O5S/c1-4-30(32(38)34-26-7-5-6-8-26)35(21-24-11-13-25(33)14-12-24)31(37)22-36(27-15-9-23(2)10-16-27)42(39,40)29-19-17-28(41-3)18-20-29/h9-20,26,30H,4-8,21-22H2,1-3H3,(H,34,38)/t30-/m0/s1. The molecule has 0 aromatic heterocycles. The molecule has 224 valence electrons. The molecule has 0 unspecified atom stereocenters. The Labute approximate surface area is 253 Å². The average molecular weight is 612 g/mol. The minimum Gasteiger partial charge on any atom is -0.497 e. The molecule has 0 bridgehead atoms. The first-order valence-electron chi connectivity index (χ1n) is 14.2. The molecule has 42 heavy (non-hydrogen) atoms. The number of methoxy groups -OCH3 is 1. The first-order chi connectivity index (χ1) is 20.1. The summed E-state index contributed by atoms with van der Waals surface area (Å²) in [5.74, 6) is -0.206. The van der Waals surface area contributed by atoms with E-state index in [-0.39, 0.29) is 23.4 Å². The second-order valence-electron chi connectivity index (χ2n) is 10.6. The van der Waals surface area contributed by atoms with Gasteiger partial charge in [-0.05, 0) is 80.3 Å². The summed E-state index contributed by atoms with van der Waals surface area (Å²) in [5, 5.41) is 3.68. The van der Waals surface area contributed by atoms with E-state index in [2.05, 4.69) is 5.32 Å². The summed E-state index contributed by atoms with van der Waals surface area (Å²) < 4.78 is 34.3. The minimum atomic E-state index is -4.16. The lowest BCUT2D eigenvalue weighted by molar-refractivity contribution is -0.140. The van der Waals surface area contributed by atoms with Crippen LogP contribution in [0.5, 0.6) is 5.75 Å². The molecule has 1 N–H and O–H groups in total. The highest BCUT2D eigenvalue weighted by Gasteiger charge is 2.34. The Kier molecular flexibility index (Phi) is 10.5. The van der Waals surface area contributed by atoms with E-state index in [1.165, 1.54) is 24.1 Å². The van der Waals surface area contributed by atoms with Crippen molar-refractivity contribution in [2.75, 3.05) is 18.0 Å². The molecular weight excluding hydrogens is 574 g/mol. The summed E-state index contributed by atoms with van der Waals surface area (Å²) in [4.78, 5) is 29.2. The molecule has 8 nitrogen and oxygen atoms in total. The predicted molar refractivity (Wildman–Crippen MR) is 165 cm³/mol. The molecule has 2 amide bonds. The Balaban J connectivity index is 1.70. The lowest BCUT2D eigenvalue weighted by Crippen LogP contribution is -2.53. The first-order valence-corrected chi connectivity index (χ1v) is 16.0. The van der Waals surface area contributed by atoms with Crippen LogP contribution in [0.3, 0.4) is 0 Å². The van der Waals surface area contributed by atoms with Crippen molar-refractivity contribution in [1.29, 1.82) is 0 Å². The summed E-state index contributed by atoms with van der Waals surface area (Å²) in [6, 6.07) is 19.3. The molecular formula is C32H38ClN3O5S. The fourth-order valence-electron chi connectivity index (χ4n) is 5.19. The molecule has 0 aliphatic heterocycles. The molecule has 0 radical (unpaired) electrons. The van der Waals surface area contributed by atoms with Gasteiger partial charge in [0.25, 0.3) is 10.0 Å². The number of sulfonamides is 1. The van der Waals surface area contributed by atoms with Crippen molar-refractivity contribution < 1.29 is 22.7 Å². The zero-order chi connectivity index (χ0) is 30.3. The number of halogens is 1. The van der Waals surface area contributed by atoms with Gasteiger partial charge in [0.05, 0.1) is 17.7 Å². The Hall–Kier alpha value is -3.56. The molecule has 3 aromatic carbocycles. The van der Waals surface area contributed by atoms with Gasteiger partial charge in [-0.1, -0.05) is 61.2 Å². The number of nitrogens with one attached hydrogen (secondary N) is 1. The van der Waals surface area contributed by atoms with Crippen molar-refractivity contribution in [2.45, 2.75) is 69.5 Å². The van der Waals surface area contributed by atoms with Gasteiger partial charge in [-0.15, -0.1) is 0 Å². The van der Waals surface area contributed by atoms with Crippen molar-refractivity contribution in [3.8, 4) is 5.75 Å². The molecule has 1 atom stereocenters. The van der Waals surface area contributed by atoms with E-state index in [1.54, 1.807) is 60.7 Å². The number of carbonyl (C=O) groups is 2. The van der Waals surface area contributed by atoms with Gasteiger partial charge in [0.1, 0.15) is 18.3 Å². The van der Waals surface area contributed by atoms with Crippen molar-refractivity contribution in [3.63, 3.8) is 0 Å². The maximum absolute atomic E-state index is 14.2. The van der Waals surface area contributed by atoms with Gasteiger partial charge < -0.3 is 15.0 Å². The molecule has 1 aliphatic rings. The molecule has 4 rings (SSSR count). The molecule has 0 saturated heterocycles. The highest BCUT2D eigenvalue weighted by molar-refractivity contribution is 7.92. The number of hydrogen-bond donors (Lipinski definition) is 1. The summed E-state index contributed by atoms with van der Waals surface area (Å²) in [5.41, 5.74) is 2.07. The third-order valence-electron chi connectivity index (χ3n) is 7.60. The van der Waals surface area contributed by atoms with Gasteiger partial charge in [-0.25, -0.2) is 8.42 Å². The van der Waals surface area contributed by atoms with Gasteiger partial charge in [0.15, 0.2) is 0 Å². The lowest BCUT2D eigenvalue weighted by atomic mass is 10.1. The van der Waals surface area contributed by atoms with Crippen LogP contribution in [0.2, 0.25) is 5.02 Å². The van der Waals surface area contributed by atoms with Crippen LogP contribution in [0.25, 0.3) is 0 Å². The molecule has 0 spiro atoms. The summed E-state index contributed by atoms with van der Waals surface area (Å²) in [7, 11) is -2.66. The van der Waals surface area contributed by atoms with Crippen molar-refractivity contribution in [1.82, 2.24) is 10.2 Å². The van der Waals surface area contributed by atoms with Crippen molar-refractivity contribution in [3.05, 3.63) is 88.9 Å².